The number of hydrogen-bond donors (Lipinski definition) is 2. The van der Waals surface area contributed by atoms with E-state index in [2.05, 4.69) is 26.6 Å². The van der Waals surface area contributed by atoms with E-state index in [0.717, 1.165) is 17.3 Å². The molecule has 1 aromatic carbocycles. The van der Waals surface area contributed by atoms with Crippen LogP contribution in [0.15, 0.2) is 22.7 Å². The van der Waals surface area contributed by atoms with Gasteiger partial charge in [0, 0.05) is 10.5 Å². The quantitative estimate of drug-likeness (QED) is 0.892. The van der Waals surface area contributed by atoms with Gasteiger partial charge in [-0.15, -0.1) is 0 Å². The van der Waals surface area contributed by atoms with Gasteiger partial charge in [-0.3, -0.25) is 4.79 Å². The van der Waals surface area contributed by atoms with Gasteiger partial charge < -0.3 is 10.6 Å². The van der Waals surface area contributed by atoms with Crippen molar-refractivity contribution >= 4 is 27.5 Å². The number of rotatable bonds is 4. The molecule has 1 aliphatic carbocycles. The van der Waals surface area contributed by atoms with Crippen molar-refractivity contribution in [2.24, 2.45) is 0 Å². The standard InChI is InChI=1S/C11H12BrFN2O/c12-7-1-4-9(13)10(5-7)14-6-11(16)15-8-2-3-8/h1,4-5,8,14H,2-3,6H2,(H,15,16). The van der Waals surface area contributed by atoms with Crippen LogP contribution >= 0.6 is 15.9 Å². The van der Waals surface area contributed by atoms with E-state index in [4.69, 9.17) is 0 Å². The van der Waals surface area contributed by atoms with Crippen molar-refractivity contribution in [1.29, 1.82) is 0 Å². The molecule has 2 rings (SSSR count). The van der Waals surface area contributed by atoms with Crippen LogP contribution in [-0.4, -0.2) is 18.5 Å². The van der Waals surface area contributed by atoms with Crippen molar-refractivity contribution in [3.05, 3.63) is 28.5 Å². The van der Waals surface area contributed by atoms with Gasteiger partial charge in [-0.2, -0.15) is 0 Å². The van der Waals surface area contributed by atoms with Crippen LogP contribution in [0.25, 0.3) is 0 Å². The Hall–Kier alpha value is -1.10. The molecule has 2 N–H and O–H groups in total. The predicted octanol–water partition coefficient (Wildman–Crippen LogP) is 2.28. The molecule has 0 saturated heterocycles. The Bertz CT molecular complexity index is 407. The molecular formula is C11H12BrFN2O. The molecule has 0 radical (unpaired) electrons. The van der Waals surface area contributed by atoms with E-state index in [9.17, 15) is 9.18 Å². The van der Waals surface area contributed by atoms with Crippen LogP contribution in [0.4, 0.5) is 10.1 Å². The van der Waals surface area contributed by atoms with Crippen molar-refractivity contribution in [3.63, 3.8) is 0 Å². The van der Waals surface area contributed by atoms with E-state index < -0.39 is 0 Å². The van der Waals surface area contributed by atoms with Crippen LogP contribution in [0.3, 0.4) is 0 Å². The monoisotopic (exact) mass is 286 g/mol. The lowest BCUT2D eigenvalue weighted by molar-refractivity contribution is -0.119. The van der Waals surface area contributed by atoms with Gasteiger partial charge in [-0.1, -0.05) is 15.9 Å². The lowest BCUT2D eigenvalue weighted by Crippen LogP contribution is -2.31. The summed E-state index contributed by atoms with van der Waals surface area (Å²) in [7, 11) is 0. The average molecular weight is 287 g/mol. The van der Waals surface area contributed by atoms with Gasteiger partial charge in [0.2, 0.25) is 5.91 Å². The molecule has 0 spiro atoms. The molecule has 0 heterocycles. The zero-order valence-corrected chi connectivity index (χ0v) is 10.2. The second-order valence-corrected chi connectivity index (χ2v) is 4.74. The maximum Gasteiger partial charge on any atom is 0.239 e. The van der Waals surface area contributed by atoms with Crippen LogP contribution in [0.1, 0.15) is 12.8 Å². The second-order valence-electron chi connectivity index (χ2n) is 3.82. The molecular weight excluding hydrogens is 275 g/mol. The molecule has 0 aromatic heterocycles. The van der Waals surface area contributed by atoms with Gasteiger partial charge in [-0.25, -0.2) is 4.39 Å². The summed E-state index contributed by atoms with van der Waals surface area (Å²) in [5.74, 6) is -0.454. The zero-order chi connectivity index (χ0) is 11.5. The molecule has 1 aromatic rings. The molecule has 0 aliphatic heterocycles. The highest BCUT2D eigenvalue weighted by molar-refractivity contribution is 9.10. The zero-order valence-electron chi connectivity index (χ0n) is 8.59. The van der Waals surface area contributed by atoms with E-state index in [1.165, 1.54) is 6.07 Å². The van der Waals surface area contributed by atoms with Crippen LogP contribution in [0.2, 0.25) is 0 Å². The maximum absolute atomic E-state index is 13.3. The molecule has 0 bridgehead atoms. The molecule has 1 aliphatic rings. The summed E-state index contributed by atoms with van der Waals surface area (Å²) in [4.78, 5) is 11.4. The minimum absolute atomic E-state index is 0.0955. The number of halogens is 2. The number of carbonyl (C=O) groups is 1. The van der Waals surface area contributed by atoms with E-state index >= 15 is 0 Å². The third-order valence-corrected chi connectivity index (χ3v) is 2.80. The van der Waals surface area contributed by atoms with Gasteiger partial charge in [0.25, 0.3) is 0 Å². The van der Waals surface area contributed by atoms with Crippen molar-refractivity contribution in [3.8, 4) is 0 Å². The molecule has 3 nitrogen and oxygen atoms in total. The van der Waals surface area contributed by atoms with E-state index in [1.807, 2.05) is 0 Å². The summed E-state index contributed by atoms with van der Waals surface area (Å²) in [6.07, 6.45) is 2.11. The van der Waals surface area contributed by atoms with Gasteiger partial charge in [-0.05, 0) is 31.0 Å². The van der Waals surface area contributed by atoms with Gasteiger partial charge >= 0.3 is 0 Å². The normalized spacial score (nSPS) is 14.6. The number of nitrogens with one attached hydrogen (secondary N) is 2. The van der Waals surface area contributed by atoms with Crippen molar-refractivity contribution in [2.75, 3.05) is 11.9 Å². The summed E-state index contributed by atoms with van der Waals surface area (Å²) < 4.78 is 14.1. The van der Waals surface area contributed by atoms with Gasteiger partial charge in [0.05, 0.1) is 12.2 Å². The molecule has 0 unspecified atom stereocenters. The van der Waals surface area contributed by atoms with E-state index in [0.29, 0.717) is 11.7 Å². The average Bonchev–Trinajstić information content (AvgIpc) is 3.03. The Morgan fingerprint density at radius 1 is 1.50 bits per heavy atom. The molecule has 1 amide bonds. The Kier molecular flexibility index (Phi) is 3.43. The molecule has 0 atom stereocenters. The van der Waals surface area contributed by atoms with E-state index in [1.54, 1.807) is 12.1 Å². The number of hydrogen-bond acceptors (Lipinski definition) is 2. The summed E-state index contributed by atoms with van der Waals surface area (Å²) >= 11 is 3.25. The third kappa shape index (κ3) is 3.20. The first-order valence-electron chi connectivity index (χ1n) is 5.13. The SMILES string of the molecule is O=C(CNc1cc(Br)ccc1F)NC1CC1. The molecule has 1 saturated carbocycles. The lowest BCUT2D eigenvalue weighted by Gasteiger charge is -2.08. The molecule has 16 heavy (non-hydrogen) atoms. The van der Waals surface area contributed by atoms with Crippen LogP contribution in [-0.2, 0) is 4.79 Å². The second kappa shape index (κ2) is 4.82. The summed E-state index contributed by atoms with van der Waals surface area (Å²) in [5, 5.41) is 5.59. The minimum Gasteiger partial charge on any atom is -0.374 e. The van der Waals surface area contributed by atoms with Crippen LogP contribution in [0, 0.1) is 5.82 Å². The summed E-state index contributed by atoms with van der Waals surface area (Å²) in [6.45, 7) is 0.101. The number of benzene rings is 1. The van der Waals surface area contributed by atoms with Crippen LogP contribution in [0.5, 0.6) is 0 Å². The van der Waals surface area contributed by atoms with Crippen molar-refractivity contribution in [1.82, 2.24) is 5.32 Å². The Labute approximate surface area is 102 Å². The topological polar surface area (TPSA) is 41.1 Å². The largest absolute Gasteiger partial charge is 0.374 e. The summed E-state index contributed by atoms with van der Waals surface area (Å²) in [5.41, 5.74) is 0.334. The Balaban J connectivity index is 1.87. The summed E-state index contributed by atoms with van der Waals surface area (Å²) in [6, 6.07) is 4.91. The fourth-order valence-electron chi connectivity index (χ4n) is 1.31. The highest BCUT2D eigenvalue weighted by Gasteiger charge is 2.22. The number of carbonyl (C=O) groups excluding carboxylic acids is 1. The number of anilines is 1. The van der Waals surface area contributed by atoms with Crippen molar-refractivity contribution in [2.45, 2.75) is 18.9 Å². The first kappa shape index (κ1) is 11.4. The van der Waals surface area contributed by atoms with Gasteiger partial charge in [0.15, 0.2) is 0 Å². The molecule has 5 heteroatoms. The fraction of sp³-hybridized carbons (Fsp3) is 0.364. The van der Waals surface area contributed by atoms with Gasteiger partial charge in [0.1, 0.15) is 5.82 Å². The molecule has 1 fully saturated rings. The predicted molar refractivity (Wildman–Crippen MR) is 63.8 cm³/mol. The highest BCUT2D eigenvalue weighted by Crippen LogP contribution is 2.20. The Morgan fingerprint density at radius 2 is 2.25 bits per heavy atom. The maximum atomic E-state index is 13.3. The lowest BCUT2D eigenvalue weighted by atomic mass is 10.3. The number of amides is 1. The highest BCUT2D eigenvalue weighted by atomic mass is 79.9. The van der Waals surface area contributed by atoms with E-state index in [-0.39, 0.29) is 18.3 Å². The van der Waals surface area contributed by atoms with Crippen molar-refractivity contribution < 1.29 is 9.18 Å². The first-order chi connectivity index (χ1) is 7.65. The fourth-order valence-corrected chi connectivity index (χ4v) is 1.68. The smallest absolute Gasteiger partial charge is 0.239 e. The van der Waals surface area contributed by atoms with Crippen LogP contribution < -0.4 is 10.6 Å². The Morgan fingerprint density at radius 3 is 2.94 bits per heavy atom. The third-order valence-electron chi connectivity index (χ3n) is 2.31. The minimum atomic E-state index is -0.359. The first-order valence-corrected chi connectivity index (χ1v) is 5.93. The molecule has 86 valence electrons.